The minimum Gasteiger partial charge on any atom is -0.394 e. The lowest BCUT2D eigenvalue weighted by molar-refractivity contribution is -0.146. The van der Waals surface area contributed by atoms with Crippen LogP contribution in [0.15, 0.2) is 0 Å². The zero-order valence-corrected chi connectivity index (χ0v) is 9.41. The molecule has 4 nitrogen and oxygen atoms in total. The van der Waals surface area contributed by atoms with Gasteiger partial charge in [0.25, 0.3) is 0 Å². The third kappa shape index (κ3) is 2.87. The second kappa shape index (κ2) is 5.00. The monoisotopic (exact) mass is 219 g/mol. The zero-order valence-electron chi connectivity index (χ0n) is 8.51. The van der Waals surface area contributed by atoms with Gasteiger partial charge in [0, 0.05) is 13.1 Å². The SMILES string of the molecule is CC1CN(C(=O)C(C)S)CC(CO)O1. The standard InChI is InChI=1S/C9H17NO3S/c1-6-3-10(9(12)7(2)14)4-8(5-11)13-6/h6-8,11,14H,3-5H2,1-2H3. The Labute approximate surface area is 89.6 Å². The van der Waals surface area contributed by atoms with Gasteiger partial charge in [-0.3, -0.25) is 4.79 Å². The van der Waals surface area contributed by atoms with Crippen molar-refractivity contribution in [1.29, 1.82) is 0 Å². The number of hydrogen-bond acceptors (Lipinski definition) is 4. The highest BCUT2D eigenvalue weighted by molar-refractivity contribution is 7.81. The van der Waals surface area contributed by atoms with Crippen molar-refractivity contribution in [1.82, 2.24) is 4.90 Å². The van der Waals surface area contributed by atoms with Crippen molar-refractivity contribution in [2.75, 3.05) is 19.7 Å². The summed E-state index contributed by atoms with van der Waals surface area (Å²) >= 11 is 4.10. The highest BCUT2D eigenvalue weighted by Crippen LogP contribution is 2.13. The first-order chi connectivity index (χ1) is 6.54. The molecule has 0 bridgehead atoms. The summed E-state index contributed by atoms with van der Waals surface area (Å²) in [6, 6.07) is 0. The quantitative estimate of drug-likeness (QED) is 0.638. The summed E-state index contributed by atoms with van der Waals surface area (Å²) in [7, 11) is 0. The van der Waals surface area contributed by atoms with Crippen LogP contribution >= 0.6 is 12.6 Å². The van der Waals surface area contributed by atoms with E-state index in [9.17, 15) is 4.79 Å². The fraction of sp³-hybridized carbons (Fsp3) is 0.889. The summed E-state index contributed by atoms with van der Waals surface area (Å²) in [5.74, 6) is 0.00179. The van der Waals surface area contributed by atoms with Crippen LogP contribution in [0.4, 0.5) is 0 Å². The molecule has 0 aliphatic carbocycles. The molecule has 5 heteroatoms. The first kappa shape index (κ1) is 11.8. The van der Waals surface area contributed by atoms with Gasteiger partial charge in [0.05, 0.1) is 24.1 Å². The van der Waals surface area contributed by atoms with Gasteiger partial charge in [-0.05, 0) is 13.8 Å². The molecule has 1 aliphatic rings. The van der Waals surface area contributed by atoms with E-state index in [4.69, 9.17) is 9.84 Å². The van der Waals surface area contributed by atoms with Crippen LogP contribution in [0.5, 0.6) is 0 Å². The van der Waals surface area contributed by atoms with E-state index in [2.05, 4.69) is 12.6 Å². The number of aliphatic hydroxyl groups excluding tert-OH is 1. The van der Waals surface area contributed by atoms with Crippen LogP contribution in [0, 0.1) is 0 Å². The van der Waals surface area contributed by atoms with E-state index in [0.717, 1.165) is 0 Å². The Morgan fingerprint density at radius 2 is 2.36 bits per heavy atom. The van der Waals surface area contributed by atoms with Crippen molar-refractivity contribution < 1.29 is 14.6 Å². The Kier molecular flexibility index (Phi) is 4.22. The molecule has 82 valence electrons. The molecule has 3 atom stereocenters. The van der Waals surface area contributed by atoms with Gasteiger partial charge in [0.1, 0.15) is 0 Å². The molecular weight excluding hydrogens is 202 g/mol. The summed E-state index contributed by atoms with van der Waals surface area (Å²) in [6.07, 6.45) is -0.272. The highest BCUT2D eigenvalue weighted by atomic mass is 32.1. The Balaban J connectivity index is 2.57. The average Bonchev–Trinajstić information content (AvgIpc) is 2.15. The van der Waals surface area contributed by atoms with Crippen LogP contribution in [0.25, 0.3) is 0 Å². The minimum absolute atomic E-state index is 0.00179. The number of ether oxygens (including phenoxy) is 1. The third-order valence-corrected chi connectivity index (χ3v) is 2.42. The summed E-state index contributed by atoms with van der Waals surface area (Å²) < 4.78 is 5.43. The highest BCUT2D eigenvalue weighted by Gasteiger charge is 2.29. The Morgan fingerprint density at radius 3 is 2.86 bits per heavy atom. The number of carbonyl (C=O) groups is 1. The molecule has 14 heavy (non-hydrogen) atoms. The van der Waals surface area contributed by atoms with Gasteiger partial charge in [-0.15, -0.1) is 0 Å². The van der Waals surface area contributed by atoms with Crippen molar-refractivity contribution in [3.05, 3.63) is 0 Å². The van der Waals surface area contributed by atoms with Crippen LogP contribution in [0.3, 0.4) is 0 Å². The molecule has 1 fully saturated rings. The Morgan fingerprint density at radius 1 is 1.71 bits per heavy atom. The van der Waals surface area contributed by atoms with E-state index < -0.39 is 0 Å². The zero-order chi connectivity index (χ0) is 10.7. The molecule has 1 saturated heterocycles. The Bertz CT molecular complexity index is 210. The van der Waals surface area contributed by atoms with Crippen molar-refractivity contribution in [3.63, 3.8) is 0 Å². The molecule has 1 amide bonds. The molecule has 0 aromatic rings. The Hall–Kier alpha value is -0.260. The van der Waals surface area contributed by atoms with Crippen LogP contribution in [-0.2, 0) is 9.53 Å². The lowest BCUT2D eigenvalue weighted by Crippen LogP contribution is -2.51. The minimum atomic E-state index is -0.292. The molecule has 0 saturated carbocycles. The predicted molar refractivity (Wildman–Crippen MR) is 56.4 cm³/mol. The maximum absolute atomic E-state index is 11.6. The van der Waals surface area contributed by atoms with Crippen molar-refractivity contribution >= 4 is 18.5 Å². The number of thiol groups is 1. The summed E-state index contributed by atoms with van der Waals surface area (Å²) in [5, 5.41) is 8.67. The van der Waals surface area contributed by atoms with E-state index in [-0.39, 0.29) is 30.0 Å². The van der Waals surface area contributed by atoms with Gasteiger partial charge >= 0.3 is 0 Å². The molecule has 1 heterocycles. The first-order valence-corrected chi connectivity index (χ1v) is 5.29. The largest absolute Gasteiger partial charge is 0.394 e. The van der Waals surface area contributed by atoms with Gasteiger partial charge in [0.15, 0.2) is 0 Å². The average molecular weight is 219 g/mol. The molecule has 0 spiro atoms. The predicted octanol–water partition coefficient (Wildman–Crippen LogP) is -0.0871. The van der Waals surface area contributed by atoms with Crippen molar-refractivity contribution in [3.8, 4) is 0 Å². The van der Waals surface area contributed by atoms with Crippen LogP contribution in [-0.4, -0.2) is 53.1 Å². The number of hydrogen-bond donors (Lipinski definition) is 2. The van der Waals surface area contributed by atoms with Crippen LogP contribution < -0.4 is 0 Å². The normalized spacial score (nSPS) is 30.1. The molecule has 0 aromatic carbocycles. The van der Waals surface area contributed by atoms with Gasteiger partial charge in [-0.1, -0.05) is 0 Å². The number of carbonyl (C=O) groups excluding carboxylic acids is 1. The van der Waals surface area contributed by atoms with E-state index in [1.165, 1.54) is 0 Å². The fourth-order valence-electron chi connectivity index (χ4n) is 1.59. The maximum atomic E-state index is 11.6. The topological polar surface area (TPSA) is 49.8 Å². The molecule has 0 aromatic heterocycles. The molecule has 1 aliphatic heterocycles. The fourth-order valence-corrected chi connectivity index (χ4v) is 1.75. The molecule has 3 unspecified atom stereocenters. The second-order valence-electron chi connectivity index (χ2n) is 3.67. The third-order valence-electron chi connectivity index (χ3n) is 2.20. The van der Waals surface area contributed by atoms with Gasteiger partial charge in [0.2, 0.25) is 5.91 Å². The van der Waals surface area contributed by atoms with E-state index in [1.807, 2.05) is 6.92 Å². The molecule has 1 N–H and O–H groups in total. The maximum Gasteiger partial charge on any atom is 0.235 e. The van der Waals surface area contributed by atoms with Crippen LogP contribution in [0.1, 0.15) is 13.8 Å². The number of aliphatic hydroxyl groups is 1. The van der Waals surface area contributed by atoms with Crippen molar-refractivity contribution in [2.45, 2.75) is 31.3 Å². The molecule has 0 radical (unpaired) electrons. The van der Waals surface area contributed by atoms with E-state index in [1.54, 1.807) is 11.8 Å². The number of amides is 1. The van der Waals surface area contributed by atoms with Crippen LogP contribution in [0.2, 0.25) is 0 Å². The van der Waals surface area contributed by atoms with Gasteiger partial charge in [-0.25, -0.2) is 0 Å². The van der Waals surface area contributed by atoms with Gasteiger partial charge < -0.3 is 14.7 Å². The van der Waals surface area contributed by atoms with E-state index in [0.29, 0.717) is 13.1 Å². The second-order valence-corrected chi connectivity index (χ2v) is 4.45. The summed E-state index contributed by atoms with van der Waals surface area (Å²) in [4.78, 5) is 13.3. The lowest BCUT2D eigenvalue weighted by Gasteiger charge is -2.36. The first-order valence-electron chi connectivity index (χ1n) is 4.77. The van der Waals surface area contributed by atoms with Gasteiger partial charge in [-0.2, -0.15) is 12.6 Å². The smallest absolute Gasteiger partial charge is 0.235 e. The van der Waals surface area contributed by atoms with Crippen molar-refractivity contribution in [2.24, 2.45) is 0 Å². The molecule has 1 rings (SSSR count). The summed E-state index contributed by atoms with van der Waals surface area (Å²) in [6.45, 7) is 4.64. The van der Waals surface area contributed by atoms with E-state index >= 15 is 0 Å². The number of rotatable bonds is 2. The lowest BCUT2D eigenvalue weighted by atomic mass is 10.2. The number of morpholine rings is 1. The summed E-state index contributed by atoms with van der Waals surface area (Å²) in [5.41, 5.74) is 0. The molecular formula is C9H17NO3S. The number of nitrogens with zero attached hydrogens (tertiary/aromatic N) is 1.